The van der Waals surface area contributed by atoms with Gasteiger partial charge in [0, 0.05) is 13.0 Å². The Morgan fingerprint density at radius 3 is 2.75 bits per heavy atom. The lowest BCUT2D eigenvalue weighted by Gasteiger charge is -2.08. The van der Waals surface area contributed by atoms with Gasteiger partial charge in [-0.3, -0.25) is 4.79 Å². The van der Waals surface area contributed by atoms with Crippen molar-refractivity contribution < 1.29 is 4.79 Å². The highest BCUT2D eigenvalue weighted by atomic mass is 16.1. The highest BCUT2D eigenvalue weighted by Crippen LogP contribution is 2.18. The van der Waals surface area contributed by atoms with Crippen LogP contribution < -0.4 is 0 Å². The van der Waals surface area contributed by atoms with Crippen LogP contribution >= 0.6 is 0 Å². The third-order valence-electron chi connectivity index (χ3n) is 3.54. The molecule has 0 N–H and O–H groups in total. The molecule has 0 aliphatic carbocycles. The number of aromatic nitrogens is 2. The Kier molecular flexibility index (Phi) is 4.94. The van der Waals surface area contributed by atoms with Crippen LogP contribution in [0.1, 0.15) is 45.9 Å². The van der Waals surface area contributed by atoms with E-state index in [9.17, 15) is 4.79 Å². The van der Waals surface area contributed by atoms with Gasteiger partial charge in [0.05, 0.1) is 17.5 Å². The zero-order chi connectivity index (χ0) is 14.5. The van der Waals surface area contributed by atoms with Gasteiger partial charge in [0.2, 0.25) is 0 Å². The second-order valence-electron chi connectivity index (χ2n) is 5.82. The molecule has 0 radical (unpaired) electrons. The van der Waals surface area contributed by atoms with E-state index in [4.69, 9.17) is 0 Å². The molecule has 1 aromatic carbocycles. The topological polar surface area (TPSA) is 34.9 Å². The number of aryl methyl sites for hydroxylation is 1. The summed E-state index contributed by atoms with van der Waals surface area (Å²) in [6.07, 6.45) is 3.13. The molecule has 0 atom stereocenters. The summed E-state index contributed by atoms with van der Waals surface area (Å²) in [6, 6.07) is 8.13. The van der Waals surface area contributed by atoms with Gasteiger partial charge >= 0.3 is 0 Å². The summed E-state index contributed by atoms with van der Waals surface area (Å²) in [5.74, 6) is 1.79. The van der Waals surface area contributed by atoms with E-state index in [1.807, 2.05) is 18.2 Å². The minimum atomic E-state index is 0.298. The van der Waals surface area contributed by atoms with Crippen LogP contribution in [0.4, 0.5) is 0 Å². The Bertz CT molecular complexity index is 584. The van der Waals surface area contributed by atoms with Crippen LogP contribution in [0, 0.1) is 5.92 Å². The molecule has 20 heavy (non-hydrogen) atoms. The molecule has 2 aromatic rings. The molecule has 0 amide bonds. The molecular weight excluding hydrogens is 248 g/mol. The summed E-state index contributed by atoms with van der Waals surface area (Å²) in [4.78, 5) is 16.7. The van der Waals surface area contributed by atoms with E-state index >= 15 is 0 Å². The molecule has 0 saturated carbocycles. The molecule has 0 fully saturated rings. The second kappa shape index (κ2) is 6.69. The summed E-state index contributed by atoms with van der Waals surface area (Å²) < 4.78 is 2.20. The van der Waals surface area contributed by atoms with Crippen LogP contribution in [0.2, 0.25) is 0 Å². The SMILES string of the molecule is CCCn1c(CC(=O)CCC(C)C)nc2ccccc21. The van der Waals surface area contributed by atoms with Crippen LogP contribution in [0.3, 0.4) is 0 Å². The fourth-order valence-corrected chi connectivity index (χ4v) is 2.45. The summed E-state index contributed by atoms with van der Waals surface area (Å²) in [6.45, 7) is 7.38. The Labute approximate surface area is 121 Å². The second-order valence-corrected chi connectivity index (χ2v) is 5.82. The Hall–Kier alpha value is -1.64. The quantitative estimate of drug-likeness (QED) is 0.763. The lowest BCUT2D eigenvalue weighted by atomic mass is 10.0. The van der Waals surface area contributed by atoms with Crippen LogP contribution in [0.15, 0.2) is 24.3 Å². The maximum atomic E-state index is 12.1. The lowest BCUT2D eigenvalue weighted by molar-refractivity contribution is -0.118. The number of Topliss-reactive ketones (excluding diaryl/α,β-unsaturated/α-hetero) is 1. The summed E-state index contributed by atoms with van der Waals surface area (Å²) >= 11 is 0. The van der Waals surface area contributed by atoms with Crippen molar-refractivity contribution in [1.82, 2.24) is 9.55 Å². The van der Waals surface area contributed by atoms with E-state index in [1.165, 1.54) is 0 Å². The molecule has 0 bridgehead atoms. The monoisotopic (exact) mass is 272 g/mol. The maximum absolute atomic E-state index is 12.1. The first kappa shape index (κ1) is 14.8. The van der Waals surface area contributed by atoms with Gasteiger partial charge in [-0.15, -0.1) is 0 Å². The van der Waals surface area contributed by atoms with E-state index in [0.29, 0.717) is 24.5 Å². The number of rotatable bonds is 7. The maximum Gasteiger partial charge on any atom is 0.140 e. The number of fused-ring (bicyclic) bond motifs is 1. The van der Waals surface area contributed by atoms with E-state index in [0.717, 1.165) is 36.2 Å². The van der Waals surface area contributed by atoms with Crippen molar-refractivity contribution >= 4 is 16.8 Å². The molecule has 2 rings (SSSR count). The largest absolute Gasteiger partial charge is 0.328 e. The summed E-state index contributed by atoms with van der Waals surface area (Å²) in [7, 11) is 0. The van der Waals surface area contributed by atoms with Crippen molar-refractivity contribution in [3.63, 3.8) is 0 Å². The van der Waals surface area contributed by atoms with Crippen LogP contribution in [0.25, 0.3) is 11.0 Å². The van der Waals surface area contributed by atoms with Crippen molar-refractivity contribution in [2.45, 2.75) is 53.0 Å². The van der Waals surface area contributed by atoms with E-state index < -0.39 is 0 Å². The Balaban J connectivity index is 2.20. The zero-order valence-corrected chi connectivity index (χ0v) is 12.7. The van der Waals surface area contributed by atoms with E-state index in [-0.39, 0.29) is 0 Å². The van der Waals surface area contributed by atoms with Crippen molar-refractivity contribution in [1.29, 1.82) is 0 Å². The molecule has 0 unspecified atom stereocenters. The molecule has 108 valence electrons. The van der Waals surface area contributed by atoms with Crippen LogP contribution in [-0.4, -0.2) is 15.3 Å². The summed E-state index contributed by atoms with van der Waals surface area (Å²) in [5.41, 5.74) is 2.13. The Morgan fingerprint density at radius 1 is 1.30 bits per heavy atom. The standard InChI is InChI=1S/C17H24N2O/c1-4-11-19-16-8-6-5-7-15(16)18-17(19)12-14(20)10-9-13(2)3/h5-8,13H,4,9-12H2,1-3H3. The lowest BCUT2D eigenvalue weighted by Crippen LogP contribution is -2.10. The van der Waals surface area contributed by atoms with Gasteiger partial charge in [0.1, 0.15) is 11.6 Å². The van der Waals surface area contributed by atoms with E-state index in [1.54, 1.807) is 0 Å². The number of nitrogens with zero attached hydrogens (tertiary/aromatic N) is 2. The molecule has 3 heteroatoms. The molecule has 0 aliphatic rings. The molecular formula is C17H24N2O. The smallest absolute Gasteiger partial charge is 0.140 e. The fourth-order valence-electron chi connectivity index (χ4n) is 2.45. The number of hydrogen-bond donors (Lipinski definition) is 0. The van der Waals surface area contributed by atoms with Gasteiger partial charge < -0.3 is 4.57 Å². The minimum absolute atomic E-state index is 0.298. The normalized spacial score (nSPS) is 11.4. The first-order valence-electron chi connectivity index (χ1n) is 7.57. The fraction of sp³-hybridized carbons (Fsp3) is 0.529. The molecule has 1 heterocycles. The van der Waals surface area contributed by atoms with Gasteiger partial charge in [-0.25, -0.2) is 4.98 Å². The number of benzene rings is 1. The molecule has 0 saturated heterocycles. The highest BCUT2D eigenvalue weighted by Gasteiger charge is 2.13. The predicted molar refractivity (Wildman–Crippen MR) is 82.8 cm³/mol. The zero-order valence-electron chi connectivity index (χ0n) is 12.7. The van der Waals surface area contributed by atoms with Crippen molar-refractivity contribution in [3.05, 3.63) is 30.1 Å². The summed E-state index contributed by atoms with van der Waals surface area (Å²) in [5, 5.41) is 0. The number of carbonyl (C=O) groups excluding carboxylic acids is 1. The van der Waals surface area contributed by atoms with Crippen LogP contribution in [-0.2, 0) is 17.8 Å². The number of imidazole rings is 1. The average molecular weight is 272 g/mol. The third-order valence-corrected chi connectivity index (χ3v) is 3.54. The first-order valence-corrected chi connectivity index (χ1v) is 7.57. The first-order chi connectivity index (χ1) is 9.61. The molecule has 1 aromatic heterocycles. The number of carbonyl (C=O) groups is 1. The minimum Gasteiger partial charge on any atom is -0.328 e. The van der Waals surface area contributed by atoms with Gasteiger partial charge in [0.15, 0.2) is 0 Å². The van der Waals surface area contributed by atoms with Crippen molar-refractivity contribution in [2.24, 2.45) is 5.92 Å². The highest BCUT2D eigenvalue weighted by molar-refractivity contribution is 5.82. The van der Waals surface area contributed by atoms with Gasteiger partial charge in [0.25, 0.3) is 0 Å². The Morgan fingerprint density at radius 2 is 2.05 bits per heavy atom. The predicted octanol–water partition coefficient (Wildman–Crippen LogP) is 3.99. The van der Waals surface area contributed by atoms with Gasteiger partial charge in [-0.05, 0) is 30.9 Å². The van der Waals surface area contributed by atoms with Gasteiger partial charge in [-0.1, -0.05) is 32.9 Å². The molecule has 3 nitrogen and oxygen atoms in total. The average Bonchev–Trinajstić information content (AvgIpc) is 2.75. The van der Waals surface area contributed by atoms with E-state index in [2.05, 4.69) is 36.4 Å². The van der Waals surface area contributed by atoms with Crippen molar-refractivity contribution in [3.8, 4) is 0 Å². The van der Waals surface area contributed by atoms with Crippen LogP contribution in [0.5, 0.6) is 0 Å². The number of hydrogen-bond acceptors (Lipinski definition) is 2. The number of ketones is 1. The third kappa shape index (κ3) is 3.47. The molecule has 0 aliphatic heterocycles. The number of para-hydroxylation sites is 2. The van der Waals surface area contributed by atoms with Crippen molar-refractivity contribution in [2.75, 3.05) is 0 Å². The molecule has 0 spiro atoms. The van der Waals surface area contributed by atoms with Gasteiger partial charge in [-0.2, -0.15) is 0 Å².